The van der Waals surface area contributed by atoms with Crippen LogP contribution in [-0.4, -0.2) is 4.98 Å². The van der Waals surface area contributed by atoms with E-state index in [1.807, 2.05) is 18.2 Å². The van der Waals surface area contributed by atoms with Crippen LogP contribution < -0.4 is 5.73 Å². The summed E-state index contributed by atoms with van der Waals surface area (Å²) in [6, 6.07) is 18.4. The summed E-state index contributed by atoms with van der Waals surface area (Å²) in [5.41, 5.74) is 11.8. The summed E-state index contributed by atoms with van der Waals surface area (Å²) in [6.07, 6.45) is 0. The van der Waals surface area contributed by atoms with E-state index in [9.17, 15) is 0 Å². The summed E-state index contributed by atoms with van der Waals surface area (Å²) in [7, 11) is 0. The Kier molecular flexibility index (Phi) is 3.25. The van der Waals surface area contributed by atoms with E-state index in [0.717, 1.165) is 16.8 Å². The van der Waals surface area contributed by atoms with Gasteiger partial charge in [-0.2, -0.15) is 0 Å². The molecule has 100 valence electrons. The Morgan fingerprint density at radius 2 is 1.65 bits per heavy atom. The molecule has 1 aromatic heterocycles. The average Bonchev–Trinajstić information content (AvgIpc) is 2.47. The Bertz CT molecular complexity index is 745. The minimum Gasteiger partial charge on any atom is -0.319 e. The first-order valence-electron chi connectivity index (χ1n) is 6.83. The molecule has 0 fully saturated rings. The fraction of sp³-hybridized carbons (Fsp3) is 0.167. The molecule has 3 rings (SSSR count). The predicted molar refractivity (Wildman–Crippen MR) is 83.7 cm³/mol. The number of aromatic nitrogens is 1. The summed E-state index contributed by atoms with van der Waals surface area (Å²) in [5, 5.41) is 1.19. The number of hydrogen-bond acceptors (Lipinski definition) is 2. The number of nitrogens with zero attached hydrogens (tertiary/aromatic N) is 1. The summed E-state index contributed by atoms with van der Waals surface area (Å²) >= 11 is 0. The van der Waals surface area contributed by atoms with Crippen LogP contribution in [0.25, 0.3) is 10.9 Å². The maximum Gasteiger partial charge on any atom is 0.0726 e. The van der Waals surface area contributed by atoms with Crippen molar-refractivity contribution >= 4 is 10.9 Å². The summed E-state index contributed by atoms with van der Waals surface area (Å²) in [5.74, 6) is 0. The minimum absolute atomic E-state index is 0.182. The van der Waals surface area contributed by atoms with Gasteiger partial charge in [0.05, 0.1) is 17.3 Å². The van der Waals surface area contributed by atoms with Crippen molar-refractivity contribution in [2.24, 2.45) is 5.73 Å². The molecule has 0 spiro atoms. The quantitative estimate of drug-likeness (QED) is 0.760. The smallest absolute Gasteiger partial charge is 0.0726 e. The van der Waals surface area contributed by atoms with E-state index in [1.54, 1.807) is 0 Å². The normalized spacial score (nSPS) is 12.6. The first-order valence-corrected chi connectivity index (χ1v) is 6.83. The van der Waals surface area contributed by atoms with Crippen molar-refractivity contribution in [3.8, 4) is 0 Å². The van der Waals surface area contributed by atoms with Gasteiger partial charge in [0.15, 0.2) is 0 Å². The van der Waals surface area contributed by atoms with Crippen LogP contribution in [0.3, 0.4) is 0 Å². The molecule has 0 saturated heterocycles. The Labute approximate surface area is 119 Å². The highest BCUT2D eigenvalue weighted by Gasteiger charge is 2.12. The van der Waals surface area contributed by atoms with Gasteiger partial charge >= 0.3 is 0 Å². The molecule has 2 heteroatoms. The van der Waals surface area contributed by atoms with Crippen molar-refractivity contribution in [1.29, 1.82) is 0 Å². The zero-order valence-corrected chi connectivity index (χ0v) is 11.8. The lowest BCUT2D eigenvalue weighted by Gasteiger charge is -2.14. The van der Waals surface area contributed by atoms with Crippen LogP contribution in [0.2, 0.25) is 0 Å². The lowest BCUT2D eigenvalue weighted by Crippen LogP contribution is -2.14. The van der Waals surface area contributed by atoms with Crippen molar-refractivity contribution in [2.75, 3.05) is 0 Å². The molecular weight excluding hydrogens is 244 g/mol. The molecule has 0 amide bonds. The first kappa shape index (κ1) is 12.8. The van der Waals surface area contributed by atoms with E-state index in [4.69, 9.17) is 10.7 Å². The van der Waals surface area contributed by atoms with Gasteiger partial charge in [-0.25, -0.2) is 0 Å². The van der Waals surface area contributed by atoms with Gasteiger partial charge in [-0.1, -0.05) is 48.0 Å². The van der Waals surface area contributed by atoms with Crippen molar-refractivity contribution < 1.29 is 0 Å². The maximum absolute atomic E-state index is 6.36. The highest BCUT2D eigenvalue weighted by atomic mass is 14.8. The van der Waals surface area contributed by atoms with Crippen molar-refractivity contribution in [2.45, 2.75) is 19.9 Å². The van der Waals surface area contributed by atoms with Gasteiger partial charge in [0.1, 0.15) is 0 Å². The molecule has 0 aliphatic rings. The number of nitrogens with two attached hydrogens (primary N) is 1. The number of para-hydroxylation sites is 1. The highest BCUT2D eigenvalue weighted by molar-refractivity contribution is 5.82. The standard InChI is InChI=1S/C18H18N2/c1-12-7-9-14(10-8-12)18(19)17-11-13(2)15-5-3-4-6-16(15)20-17/h3-11,18H,19H2,1-2H3. The third-order valence-electron chi connectivity index (χ3n) is 3.70. The highest BCUT2D eigenvalue weighted by Crippen LogP contribution is 2.23. The van der Waals surface area contributed by atoms with Crippen LogP contribution >= 0.6 is 0 Å². The Morgan fingerprint density at radius 1 is 0.950 bits per heavy atom. The molecule has 1 unspecified atom stereocenters. The van der Waals surface area contributed by atoms with Gasteiger partial charge in [0.25, 0.3) is 0 Å². The van der Waals surface area contributed by atoms with Crippen LogP contribution in [-0.2, 0) is 0 Å². The number of fused-ring (bicyclic) bond motifs is 1. The fourth-order valence-electron chi connectivity index (χ4n) is 2.48. The molecule has 0 radical (unpaired) electrons. The molecule has 0 aliphatic carbocycles. The number of pyridine rings is 1. The Hall–Kier alpha value is -2.19. The molecule has 2 aromatic carbocycles. The van der Waals surface area contributed by atoms with Crippen LogP contribution in [0.5, 0.6) is 0 Å². The molecule has 0 aliphatic heterocycles. The molecule has 20 heavy (non-hydrogen) atoms. The van der Waals surface area contributed by atoms with Crippen molar-refractivity contribution in [1.82, 2.24) is 4.98 Å². The lowest BCUT2D eigenvalue weighted by molar-refractivity contribution is 0.833. The first-order chi connectivity index (χ1) is 9.65. The Balaban J connectivity index is 2.07. The average molecular weight is 262 g/mol. The van der Waals surface area contributed by atoms with E-state index < -0.39 is 0 Å². The van der Waals surface area contributed by atoms with Gasteiger partial charge < -0.3 is 5.73 Å². The van der Waals surface area contributed by atoms with Gasteiger partial charge in [-0.15, -0.1) is 0 Å². The fourth-order valence-corrected chi connectivity index (χ4v) is 2.48. The van der Waals surface area contributed by atoms with E-state index in [2.05, 4.69) is 50.2 Å². The summed E-state index contributed by atoms with van der Waals surface area (Å²) in [6.45, 7) is 4.18. The molecule has 1 atom stereocenters. The second-order valence-electron chi connectivity index (χ2n) is 5.27. The molecule has 1 heterocycles. The number of rotatable bonds is 2. The topological polar surface area (TPSA) is 38.9 Å². The van der Waals surface area contributed by atoms with Crippen LogP contribution in [0.4, 0.5) is 0 Å². The van der Waals surface area contributed by atoms with Crippen LogP contribution in [0.15, 0.2) is 54.6 Å². The molecule has 3 aromatic rings. The number of aryl methyl sites for hydroxylation is 2. The largest absolute Gasteiger partial charge is 0.319 e. The van der Waals surface area contributed by atoms with E-state index in [0.29, 0.717) is 0 Å². The predicted octanol–water partition coefficient (Wildman–Crippen LogP) is 3.90. The lowest BCUT2D eigenvalue weighted by atomic mass is 10.00. The van der Waals surface area contributed by atoms with Crippen molar-refractivity contribution in [3.63, 3.8) is 0 Å². The van der Waals surface area contributed by atoms with E-state index in [1.165, 1.54) is 16.5 Å². The zero-order chi connectivity index (χ0) is 14.1. The SMILES string of the molecule is Cc1ccc(C(N)c2cc(C)c3ccccc3n2)cc1. The van der Waals surface area contributed by atoms with Gasteiger partial charge in [0.2, 0.25) is 0 Å². The van der Waals surface area contributed by atoms with Crippen LogP contribution in [0, 0.1) is 13.8 Å². The van der Waals surface area contributed by atoms with Gasteiger partial charge in [0, 0.05) is 5.39 Å². The number of hydrogen-bond donors (Lipinski definition) is 1. The Morgan fingerprint density at radius 3 is 2.40 bits per heavy atom. The monoisotopic (exact) mass is 262 g/mol. The zero-order valence-electron chi connectivity index (χ0n) is 11.8. The summed E-state index contributed by atoms with van der Waals surface area (Å²) < 4.78 is 0. The second kappa shape index (κ2) is 5.06. The van der Waals surface area contributed by atoms with Gasteiger partial charge in [-0.3, -0.25) is 4.98 Å². The van der Waals surface area contributed by atoms with Gasteiger partial charge in [-0.05, 0) is 37.1 Å². The third kappa shape index (κ3) is 2.30. The third-order valence-corrected chi connectivity index (χ3v) is 3.70. The van der Waals surface area contributed by atoms with E-state index in [-0.39, 0.29) is 6.04 Å². The van der Waals surface area contributed by atoms with Crippen molar-refractivity contribution in [3.05, 3.63) is 77.0 Å². The van der Waals surface area contributed by atoms with Crippen LogP contribution in [0.1, 0.15) is 28.4 Å². The molecule has 2 N–H and O–H groups in total. The van der Waals surface area contributed by atoms with E-state index >= 15 is 0 Å². The minimum atomic E-state index is -0.182. The molecule has 0 saturated carbocycles. The maximum atomic E-state index is 6.36. The molecule has 0 bridgehead atoms. The second-order valence-corrected chi connectivity index (χ2v) is 5.27. The summed E-state index contributed by atoms with van der Waals surface area (Å²) in [4.78, 5) is 4.71. The molecule has 2 nitrogen and oxygen atoms in total. The molecular formula is C18H18N2. The number of benzene rings is 2.